The van der Waals surface area contributed by atoms with E-state index in [0.717, 1.165) is 22.6 Å². The highest BCUT2D eigenvalue weighted by Crippen LogP contribution is 2.23. The highest BCUT2D eigenvalue weighted by Gasteiger charge is 2.12. The van der Waals surface area contributed by atoms with Crippen LogP contribution in [0.15, 0.2) is 60.7 Å². The van der Waals surface area contributed by atoms with Crippen LogP contribution < -0.4 is 4.74 Å². The molecule has 1 N–H and O–H groups in total. The Labute approximate surface area is 133 Å². The predicted octanol–water partition coefficient (Wildman–Crippen LogP) is 3.36. The first-order chi connectivity index (χ1) is 11.1. The summed E-state index contributed by atoms with van der Waals surface area (Å²) in [5, 5.41) is 13.0. The second kappa shape index (κ2) is 6.36. The summed E-state index contributed by atoms with van der Waals surface area (Å²) < 4.78 is 7.30. The molecule has 5 heteroatoms. The number of ether oxygens (including phenoxy) is 1. The van der Waals surface area contributed by atoms with E-state index in [4.69, 9.17) is 9.84 Å². The van der Waals surface area contributed by atoms with Crippen molar-refractivity contribution in [2.75, 3.05) is 0 Å². The molecule has 0 atom stereocenters. The van der Waals surface area contributed by atoms with Gasteiger partial charge in [-0.05, 0) is 35.9 Å². The molecular formula is C18H16N2O3. The van der Waals surface area contributed by atoms with Crippen molar-refractivity contribution in [1.82, 2.24) is 9.78 Å². The minimum Gasteiger partial charge on any atom is -0.489 e. The van der Waals surface area contributed by atoms with Crippen molar-refractivity contribution in [3.63, 3.8) is 0 Å². The van der Waals surface area contributed by atoms with Crippen LogP contribution in [0, 0.1) is 0 Å². The molecule has 116 valence electrons. The number of rotatable bonds is 5. The van der Waals surface area contributed by atoms with E-state index in [1.165, 1.54) is 0 Å². The molecule has 2 aromatic carbocycles. The number of nitrogens with zero attached hydrogens (tertiary/aromatic N) is 2. The zero-order valence-corrected chi connectivity index (χ0v) is 12.6. The Hall–Kier alpha value is -3.08. The van der Waals surface area contributed by atoms with E-state index in [1.54, 1.807) is 17.8 Å². The van der Waals surface area contributed by atoms with Crippen molar-refractivity contribution < 1.29 is 14.6 Å². The number of hydrogen-bond acceptors (Lipinski definition) is 3. The quantitative estimate of drug-likeness (QED) is 0.785. The van der Waals surface area contributed by atoms with E-state index in [1.807, 2.05) is 54.6 Å². The monoisotopic (exact) mass is 308 g/mol. The lowest BCUT2D eigenvalue weighted by atomic mass is 10.1. The van der Waals surface area contributed by atoms with Crippen molar-refractivity contribution in [3.8, 4) is 17.0 Å². The average Bonchev–Trinajstić information content (AvgIpc) is 2.97. The van der Waals surface area contributed by atoms with Gasteiger partial charge in [-0.3, -0.25) is 4.68 Å². The van der Waals surface area contributed by atoms with Crippen molar-refractivity contribution in [3.05, 3.63) is 71.9 Å². The number of carboxylic acid groups (broad SMARTS) is 1. The molecular weight excluding hydrogens is 292 g/mol. The number of aromatic nitrogens is 2. The van der Waals surface area contributed by atoms with E-state index in [9.17, 15) is 4.79 Å². The first-order valence-electron chi connectivity index (χ1n) is 7.18. The molecule has 1 aromatic heterocycles. The lowest BCUT2D eigenvalue weighted by Crippen LogP contribution is -1.99. The molecule has 3 rings (SSSR count). The van der Waals surface area contributed by atoms with Crippen LogP contribution in [0.25, 0.3) is 11.3 Å². The summed E-state index contributed by atoms with van der Waals surface area (Å²) in [7, 11) is 1.72. The molecule has 3 aromatic rings. The van der Waals surface area contributed by atoms with Gasteiger partial charge >= 0.3 is 5.97 Å². The van der Waals surface area contributed by atoms with Gasteiger partial charge in [0.05, 0.1) is 5.69 Å². The lowest BCUT2D eigenvalue weighted by Gasteiger charge is -2.07. The number of carbonyl (C=O) groups is 1. The van der Waals surface area contributed by atoms with Gasteiger partial charge in [0.1, 0.15) is 12.4 Å². The molecule has 0 aliphatic heterocycles. The third kappa shape index (κ3) is 3.40. The van der Waals surface area contributed by atoms with E-state index in [-0.39, 0.29) is 5.69 Å². The van der Waals surface area contributed by atoms with Gasteiger partial charge in [-0.15, -0.1) is 0 Å². The Bertz CT molecular complexity index is 808. The van der Waals surface area contributed by atoms with Crippen LogP contribution in [0.5, 0.6) is 5.75 Å². The molecule has 0 aliphatic rings. The lowest BCUT2D eigenvalue weighted by molar-refractivity contribution is 0.0689. The summed E-state index contributed by atoms with van der Waals surface area (Å²) in [5.74, 6) is -0.270. The van der Waals surface area contributed by atoms with Gasteiger partial charge in [0.25, 0.3) is 0 Å². The Morgan fingerprint density at radius 2 is 1.83 bits per heavy atom. The Morgan fingerprint density at radius 3 is 2.43 bits per heavy atom. The molecule has 0 bridgehead atoms. The topological polar surface area (TPSA) is 64.4 Å². The van der Waals surface area contributed by atoms with Crippen LogP contribution in [-0.4, -0.2) is 20.9 Å². The third-order valence-corrected chi connectivity index (χ3v) is 3.50. The van der Waals surface area contributed by atoms with Crippen molar-refractivity contribution in [2.45, 2.75) is 6.61 Å². The Morgan fingerprint density at radius 1 is 1.13 bits per heavy atom. The molecule has 23 heavy (non-hydrogen) atoms. The minimum atomic E-state index is -1.03. The van der Waals surface area contributed by atoms with Gasteiger partial charge in [-0.2, -0.15) is 5.10 Å². The number of aryl methyl sites for hydroxylation is 1. The first-order valence-corrected chi connectivity index (χ1v) is 7.18. The zero-order valence-electron chi connectivity index (χ0n) is 12.6. The summed E-state index contributed by atoms with van der Waals surface area (Å²) in [6, 6.07) is 19.0. The normalized spacial score (nSPS) is 10.5. The highest BCUT2D eigenvalue weighted by atomic mass is 16.5. The fraction of sp³-hybridized carbons (Fsp3) is 0.111. The van der Waals surface area contributed by atoms with Crippen LogP contribution in [0.1, 0.15) is 16.1 Å². The molecule has 0 radical (unpaired) electrons. The molecule has 0 saturated carbocycles. The molecule has 0 amide bonds. The molecule has 0 unspecified atom stereocenters. The summed E-state index contributed by atoms with van der Waals surface area (Å²) in [5.41, 5.74) is 2.78. The maximum Gasteiger partial charge on any atom is 0.356 e. The van der Waals surface area contributed by atoms with E-state index >= 15 is 0 Å². The average molecular weight is 308 g/mol. The number of benzene rings is 2. The molecule has 0 aliphatic carbocycles. The second-order valence-electron chi connectivity index (χ2n) is 5.14. The van der Waals surface area contributed by atoms with Crippen LogP contribution in [0.2, 0.25) is 0 Å². The predicted molar refractivity (Wildman–Crippen MR) is 86.4 cm³/mol. The van der Waals surface area contributed by atoms with Gasteiger partial charge in [0.2, 0.25) is 0 Å². The molecule has 5 nitrogen and oxygen atoms in total. The van der Waals surface area contributed by atoms with E-state index in [2.05, 4.69) is 5.10 Å². The van der Waals surface area contributed by atoms with Gasteiger partial charge in [-0.1, -0.05) is 30.3 Å². The maximum atomic E-state index is 11.0. The fourth-order valence-electron chi connectivity index (χ4n) is 2.30. The van der Waals surface area contributed by atoms with E-state index in [0.29, 0.717) is 6.61 Å². The largest absolute Gasteiger partial charge is 0.489 e. The fourth-order valence-corrected chi connectivity index (χ4v) is 2.30. The van der Waals surface area contributed by atoms with Crippen molar-refractivity contribution in [2.24, 2.45) is 7.05 Å². The van der Waals surface area contributed by atoms with Gasteiger partial charge < -0.3 is 9.84 Å². The van der Waals surface area contributed by atoms with Gasteiger partial charge in [0.15, 0.2) is 5.69 Å². The van der Waals surface area contributed by atoms with Crippen LogP contribution in [-0.2, 0) is 13.7 Å². The Kier molecular flexibility index (Phi) is 4.10. The van der Waals surface area contributed by atoms with Crippen LogP contribution in [0.3, 0.4) is 0 Å². The summed E-state index contributed by atoms with van der Waals surface area (Å²) in [4.78, 5) is 11.0. The van der Waals surface area contributed by atoms with Crippen LogP contribution in [0.4, 0.5) is 0 Å². The van der Waals surface area contributed by atoms with Crippen LogP contribution >= 0.6 is 0 Å². The molecule has 0 saturated heterocycles. The number of carboxylic acids is 1. The Balaban J connectivity index is 1.73. The SMILES string of the molecule is Cn1nc(C(=O)O)cc1-c1ccc(OCc2ccccc2)cc1. The van der Waals surface area contributed by atoms with Crippen molar-refractivity contribution in [1.29, 1.82) is 0 Å². The number of aromatic carboxylic acids is 1. The molecule has 1 heterocycles. The summed E-state index contributed by atoms with van der Waals surface area (Å²) >= 11 is 0. The zero-order chi connectivity index (χ0) is 16.2. The maximum absolute atomic E-state index is 11.0. The smallest absolute Gasteiger partial charge is 0.356 e. The number of hydrogen-bond donors (Lipinski definition) is 1. The second-order valence-corrected chi connectivity index (χ2v) is 5.14. The first kappa shape index (κ1) is 14.8. The van der Waals surface area contributed by atoms with Crippen molar-refractivity contribution >= 4 is 5.97 Å². The highest BCUT2D eigenvalue weighted by molar-refractivity contribution is 5.87. The van der Waals surface area contributed by atoms with Gasteiger partial charge in [0, 0.05) is 12.6 Å². The third-order valence-electron chi connectivity index (χ3n) is 3.50. The molecule has 0 fully saturated rings. The standard InChI is InChI=1S/C18H16N2O3/c1-20-17(11-16(19-20)18(21)22)14-7-9-15(10-8-14)23-12-13-5-3-2-4-6-13/h2-11H,12H2,1H3,(H,21,22). The molecule has 0 spiro atoms. The minimum absolute atomic E-state index is 0.0342. The van der Waals surface area contributed by atoms with E-state index < -0.39 is 5.97 Å². The van der Waals surface area contributed by atoms with Gasteiger partial charge in [-0.25, -0.2) is 4.79 Å². The summed E-state index contributed by atoms with van der Waals surface area (Å²) in [6.07, 6.45) is 0. The summed E-state index contributed by atoms with van der Waals surface area (Å²) in [6.45, 7) is 0.509.